The highest BCUT2D eigenvalue weighted by Crippen LogP contribution is 2.15. The molecule has 148 valence electrons. The smallest absolute Gasteiger partial charge is 0.318 e. The molecule has 0 aromatic heterocycles. The van der Waals surface area contributed by atoms with Gasteiger partial charge in [0.2, 0.25) is 5.91 Å². The van der Waals surface area contributed by atoms with Crippen molar-refractivity contribution in [3.63, 3.8) is 0 Å². The van der Waals surface area contributed by atoms with E-state index in [2.05, 4.69) is 27.7 Å². The normalized spacial score (nSPS) is 15.1. The molecule has 1 saturated heterocycles. The summed E-state index contributed by atoms with van der Waals surface area (Å²) in [7, 11) is 0. The molecule has 2 N–H and O–H groups in total. The molecule has 2 aromatic carbocycles. The average molecular weight is 384 g/mol. The van der Waals surface area contributed by atoms with Crippen molar-refractivity contribution < 1.29 is 14.0 Å². The van der Waals surface area contributed by atoms with Gasteiger partial charge in [0.25, 0.3) is 0 Å². The maximum atomic E-state index is 13.2. The van der Waals surface area contributed by atoms with Crippen LogP contribution in [-0.4, -0.2) is 49.1 Å². The Hall–Kier alpha value is -3.09. The maximum Gasteiger partial charge on any atom is 0.318 e. The van der Waals surface area contributed by atoms with Gasteiger partial charge in [-0.2, -0.15) is 0 Å². The highest BCUT2D eigenvalue weighted by Gasteiger charge is 2.24. The Morgan fingerprint density at radius 3 is 2.43 bits per heavy atom. The number of piperazine rings is 1. The minimum absolute atomic E-state index is 0.215. The van der Waals surface area contributed by atoms with Crippen molar-refractivity contribution in [1.29, 1.82) is 0 Å². The van der Waals surface area contributed by atoms with Gasteiger partial charge in [0.15, 0.2) is 0 Å². The molecule has 0 radical (unpaired) electrons. The van der Waals surface area contributed by atoms with Gasteiger partial charge < -0.3 is 20.4 Å². The van der Waals surface area contributed by atoms with Crippen LogP contribution in [-0.2, 0) is 11.3 Å². The third-order valence-corrected chi connectivity index (χ3v) is 4.78. The Bertz CT molecular complexity index is 807. The van der Waals surface area contributed by atoms with Gasteiger partial charge in [0, 0.05) is 38.4 Å². The molecular weight excluding hydrogens is 359 g/mol. The predicted molar refractivity (Wildman–Crippen MR) is 106 cm³/mol. The summed E-state index contributed by atoms with van der Waals surface area (Å²) in [6.45, 7) is 4.54. The SMILES string of the molecule is C[C@@H](NC(=O)N1CCN(c2ccccc2)CC1)C(=O)NCc1cccc(F)c1. The topological polar surface area (TPSA) is 64.7 Å². The summed E-state index contributed by atoms with van der Waals surface area (Å²) in [4.78, 5) is 28.6. The Labute approximate surface area is 164 Å². The molecule has 1 aliphatic heterocycles. The first-order chi connectivity index (χ1) is 13.5. The fraction of sp³-hybridized carbons (Fsp3) is 0.333. The monoisotopic (exact) mass is 384 g/mol. The molecular formula is C21H25FN4O2. The number of rotatable bonds is 5. The van der Waals surface area contributed by atoms with E-state index in [0.717, 1.165) is 18.8 Å². The van der Waals surface area contributed by atoms with Gasteiger partial charge in [-0.15, -0.1) is 0 Å². The zero-order valence-electron chi connectivity index (χ0n) is 15.9. The number of benzene rings is 2. The number of hydrogen-bond donors (Lipinski definition) is 2. The van der Waals surface area contributed by atoms with Gasteiger partial charge in [-0.3, -0.25) is 4.79 Å². The van der Waals surface area contributed by atoms with Crippen LogP contribution in [0.5, 0.6) is 0 Å². The molecule has 3 amide bonds. The molecule has 0 saturated carbocycles. The number of nitrogens with one attached hydrogen (secondary N) is 2. The highest BCUT2D eigenvalue weighted by atomic mass is 19.1. The van der Waals surface area contributed by atoms with E-state index in [4.69, 9.17) is 0 Å². The average Bonchev–Trinajstić information content (AvgIpc) is 2.72. The number of amides is 3. The van der Waals surface area contributed by atoms with Crippen LogP contribution in [0.3, 0.4) is 0 Å². The molecule has 0 unspecified atom stereocenters. The molecule has 0 bridgehead atoms. The molecule has 28 heavy (non-hydrogen) atoms. The lowest BCUT2D eigenvalue weighted by Gasteiger charge is -2.36. The van der Waals surface area contributed by atoms with Gasteiger partial charge in [-0.1, -0.05) is 30.3 Å². The fourth-order valence-electron chi connectivity index (χ4n) is 3.14. The second kappa shape index (κ2) is 9.21. The first kappa shape index (κ1) is 19.7. The van der Waals surface area contributed by atoms with E-state index in [-0.39, 0.29) is 24.3 Å². The van der Waals surface area contributed by atoms with E-state index in [0.29, 0.717) is 18.7 Å². The third kappa shape index (κ3) is 5.22. The van der Waals surface area contributed by atoms with Gasteiger partial charge >= 0.3 is 6.03 Å². The number of anilines is 1. The number of halogens is 1. The highest BCUT2D eigenvalue weighted by molar-refractivity contribution is 5.86. The number of carbonyl (C=O) groups excluding carboxylic acids is 2. The molecule has 1 heterocycles. The van der Waals surface area contributed by atoms with Gasteiger partial charge in [-0.25, -0.2) is 9.18 Å². The Balaban J connectivity index is 1.43. The maximum absolute atomic E-state index is 13.2. The van der Waals surface area contributed by atoms with Gasteiger partial charge in [0.1, 0.15) is 11.9 Å². The van der Waals surface area contributed by atoms with Crippen molar-refractivity contribution in [2.24, 2.45) is 0 Å². The quantitative estimate of drug-likeness (QED) is 0.832. The van der Waals surface area contributed by atoms with E-state index in [1.807, 2.05) is 18.2 Å². The van der Waals surface area contributed by atoms with E-state index < -0.39 is 6.04 Å². The fourth-order valence-corrected chi connectivity index (χ4v) is 3.14. The lowest BCUT2D eigenvalue weighted by Crippen LogP contribution is -2.55. The van der Waals surface area contributed by atoms with Crippen molar-refractivity contribution in [3.8, 4) is 0 Å². The van der Waals surface area contributed by atoms with Crippen molar-refractivity contribution in [1.82, 2.24) is 15.5 Å². The van der Waals surface area contributed by atoms with Crippen LogP contribution in [0.4, 0.5) is 14.9 Å². The summed E-state index contributed by atoms with van der Waals surface area (Å²) in [6.07, 6.45) is 0. The zero-order chi connectivity index (χ0) is 19.9. The van der Waals surface area contributed by atoms with Crippen LogP contribution in [0.2, 0.25) is 0 Å². The lowest BCUT2D eigenvalue weighted by atomic mass is 10.2. The Morgan fingerprint density at radius 1 is 1.04 bits per heavy atom. The van der Waals surface area contributed by atoms with E-state index in [1.54, 1.807) is 24.0 Å². The standard InChI is InChI=1S/C21H25FN4O2/c1-16(20(27)23-15-17-6-5-7-18(22)14-17)24-21(28)26-12-10-25(11-13-26)19-8-3-2-4-9-19/h2-9,14,16H,10-13,15H2,1H3,(H,23,27)(H,24,28)/t16-/m1/s1. The number of carbonyl (C=O) groups is 2. The molecule has 1 fully saturated rings. The van der Waals surface area contributed by atoms with Crippen LogP contribution in [0, 0.1) is 5.82 Å². The van der Waals surface area contributed by atoms with Crippen molar-refractivity contribution in [2.45, 2.75) is 19.5 Å². The zero-order valence-corrected chi connectivity index (χ0v) is 15.9. The minimum atomic E-state index is -0.673. The number of urea groups is 1. The third-order valence-electron chi connectivity index (χ3n) is 4.78. The van der Waals surface area contributed by atoms with Crippen LogP contribution < -0.4 is 15.5 Å². The molecule has 3 rings (SSSR count). The molecule has 6 nitrogen and oxygen atoms in total. The number of nitrogens with zero attached hydrogens (tertiary/aromatic N) is 2. The summed E-state index contributed by atoms with van der Waals surface area (Å²) in [5.41, 5.74) is 1.82. The predicted octanol–water partition coefficient (Wildman–Crippen LogP) is 2.36. The molecule has 0 aliphatic carbocycles. The summed E-state index contributed by atoms with van der Waals surface area (Å²) in [5, 5.41) is 5.45. The van der Waals surface area contributed by atoms with Crippen molar-refractivity contribution >= 4 is 17.6 Å². The molecule has 1 atom stereocenters. The van der Waals surface area contributed by atoms with E-state index in [1.165, 1.54) is 12.1 Å². The summed E-state index contributed by atoms with van der Waals surface area (Å²) in [5.74, 6) is -0.650. The molecule has 0 spiro atoms. The van der Waals surface area contributed by atoms with E-state index >= 15 is 0 Å². The van der Waals surface area contributed by atoms with Gasteiger partial charge in [0.05, 0.1) is 0 Å². The molecule has 7 heteroatoms. The van der Waals surface area contributed by atoms with Crippen LogP contribution >= 0.6 is 0 Å². The van der Waals surface area contributed by atoms with Crippen molar-refractivity contribution in [3.05, 3.63) is 66.0 Å². The first-order valence-corrected chi connectivity index (χ1v) is 9.40. The molecule has 1 aliphatic rings. The summed E-state index contributed by atoms with van der Waals surface area (Å²) >= 11 is 0. The Kier molecular flexibility index (Phi) is 6.47. The van der Waals surface area contributed by atoms with Gasteiger partial charge in [-0.05, 0) is 36.8 Å². The van der Waals surface area contributed by atoms with Crippen LogP contribution in [0.1, 0.15) is 12.5 Å². The lowest BCUT2D eigenvalue weighted by molar-refractivity contribution is -0.122. The van der Waals surface area contributed by atoms with Crippen LogP contribution in [0.15, 0.2) is 54.6 Å². The summed E-state index contributed by atoms with van der Waals surface area (Å²) in [6, 6.07) is 15.2. The second-order valence-electron chi connectivity index (χ2n) is 6.83. The first-order valence-electron chi connectivity index (χ1n) is 9.40. The van der Waals surface area contributed by atoms with Crippen LogP contribution in [0.25, 0.3) is 0 Å². The second-order valence-corrected chi connectivity index (χ2v) is 6.83. The number of hydrogen-bond acceptors (Lipinski definition) is 3. The van der Waals surface area contributed by atoms with E-state index in [9.17, 15) is 14.0 Å². The molecule has 2 aromatic rings. The summed E-state index contributed by atoms with van der Waals surface area (Å²) < 4.78 is 13.2. The minimum Gasteiger partial charge on any atom is -0.368 e. The Morgan fingerprint density at radius 2 is 1.75 bits per heavy atom. The largest absolute Gasteiger partial charge is 0.368 e. The van der Waals surface area contributed by atoms with Crippen molar-refractivity contribution in [2.75, 3.05) is 31.1 Å². The number of para-hydroxylation sites is 1.